The number of rotatable bonds is 1. The Labute approximate surface area is 111 Å². The van der Waals surface area contributed by atoms with Gasteiger partial charge in [-0.1, -0.05) is 11.6 Å². The Hall–Kier alpha value is -1.26. The summed E-state index contributed by atoms with van der Waals surface area (Å²) in [5.74, 6) is -0.378. The molecule has 2 N–H and O–H groups in total. The van der Waals surface area contributed by atoms with Crippen LogP contribution in [0.4, 0.5) is 11.4 Å². The van der Waals surface area contributed by atoms with Crippen molar-refractivity contribution in [2.24, 2.45) is 0 Å². The van der Waals surface area contributed by atoms with Crippen LogP contribution in [0.25, 0.3) is 0 Å². The molecule has 18 heavy (non-hydrogen) atoms. The van der Waals surface area contributed by atoms with Crippen LogP contribution in [0, 0.1) is 0 Å². The molecule has 3 rings (SSSR count). The van der Waals surface area contributed by atoms with Crippen molar-refractivity contribution in [3.63, 3.8) is 0 Å². The lowest BCUT2D eigenvalue weighted by molar-refractivity contribution is -0.123. The molecule has 1 saturated heterocycles. The van der Waals surface area contributed by atoms with E-state index in [-0.39, 0.29) is 5.91 Å². The van der Waals surface area contributed by atoms with Crippen LogP contribution in [0.1, 0.15) is 30.9 Å². The number of piperidine rings is 1. The Bertz CT molecular complexity index is 498. The van der Waals surface area contributed by atoms with Gasteiger partial charge in [-0.15, -0.1) is 0 Å². The maximum absolute atomic E-state index is 11.4. The van der Waals surface area contributed by atoms with E-state index in [0.717, 1.165) is 18.8 Å². The third kappa shape index (κ3) is 1.85. The number of nitrogens with zero attached hydrogens (tertiary/aromatic N) is 1. The first-order valence-corrected chi connectivity index (χ1v) is 6.62. The summed E-state index contributed by atoms with van der Waals surface area (Å²) in [5, 5.41) is 13.0. The van der Waals surface area contributed by atoms with Gasteiger partial charge in [0.2, 0.25) is 0 Å². The average molecular weight is 267 g/mol. The van der Waals surface area contributed by atoms with Crippen molar-refractivity contribution < 1.29 is 9.90 Å². The van der Waals surface area contributed by atoms with Crippen LogP contribution < -0.4 is 10.2 Å². The lowest BCUT2D eigenvalue weighted by Gasteiger charge is -2.30. The fraction of sp³-hybridized carbons (Fsp3) is 0.462. The first kappa shape index (κ1) is 11.8. The molecule has 1 unspecified atom stereocenters. The molecule has 2 aliphatic rings. The SMILES string of the molecule is O=C1Nc2cc(N3CCCCC3)c(Cl)cc2C1O. The van der Waals surface area contributed by atoms with Gasteiger partial charge < -0.3 is 15.3 Å². The number of amides is 1. The second-order valence-electron chi connectivity index (χ2n) is 4.83. The van der Waals surface area contributed by atoms with E-state index in [2.05, 4.69) is 10.2 Å². The normalized spacial score (nSPS) is 22.9. The predicted octanol–water partition coefficient (Wildman–Crippen LogP) is 2.32. The summed E-state index contributed by atoms with van der Waals surface area (Å²) >= 11 is 6.26. The van der Waals surface area contributed by atoms with Crippen molar-refractivity contribution >= 4 is 28.9 Å². The maximum atomic E-state index is 11.4. The third-order valence-electron chi connectivity index (χ3n) is 3.62. The number of aliphatic hydroxyl groups is 1. The van der Waals surface area contributed by atoms with E-state index in [0.29, 0.717) is 16.3 Å². The molecular weight excluding hydrogens is 252 g/mol. The molecule has 0 saturated carbocycles. The Balaban J connectivity index is 1.97. The van der Waals surface area contributed by atoms with Gasteiger partial charge in [0.1, 0.15) is 0 Å². The summed E-state index contributed by atoms with van der Waals surface area (Å²) in [6.45, 7) is 1.99. The van der Waals surface area contributed by atoms with Gasteiger partial charge in [0.15, 0.2) is 6.10 Å². The summed E-state index contributed by atoms with van der Waals surface area (Å²) in [5.41, 5.74) is 2.20. The van der Waals surface area contributed by atoms with E-state index in [1.54, 1.807) is 6.07 Å². The predicted molar refractivity (Wildman–Crippen MR) is 71.1 cm³/mol. The fourth-order valence-corrected chi connectivity index (χ4v) is 2.92. The van der Waals surface area contributed by atoms with Gasteiger partial charge in [0.05, 0.1) is 10.7 Å². The van der Waals surface area contributed by atoms with Crippen molar-refractivity contribution in [2.75, 3.05) is 23.3 Å². The van der Waals surface area contributed by atoms with E-state index < -0.39 is 6.10 Å². The average Bonchev–Trinajstić information content (AvgIpc) is 2.66. The number of aliphatic hydroxyl groups excluding tert-OH is 1. The summed E-state index contributed by atoms with van der Waals surface area (Å²) in [6.07, 6.45) is 2.51. The van der Waals surface area contributed by atoms with Crippen molar-refractivity contribution in [1.82, 2.24) is 0 Å². The molecule has 0 spiro atoms. The third-order valence-corrected chi connectivity index (χ3v) is 3.92. The molecular formula is C13H15ClN2O2. The molecule has 0 radical (unpaired) electrons. The van der Waals surface area contributed by atoms with Crippen LogP contribution in [0.15, 0.2) is 12.1 Å². The number of nitrogens with one attached hydrogen (secondary N) is 1. The highest BCUT2D eigenvalue weighted by Crippen LogP contribution is 2.39. The smallest absolute Gasteiger partial charge is 0.257 e. The van der Waals surface area contributed by atoms with E-state index in [1.807, 2.05) is 6.07 Å². The first-order valence-electron chi connectivity index (χ1n) is 6.24. The minimum Gasteiger partial charge on any atom is -0.378 e. The molecule has 4 nitrogen and oxygen atoms in total. The zero-order valence-electron chi connectivity index (χ0n) is 9.95. The molecule has 0 aliphatic carbocycles. The largest absolute Gasteiger partial charge is 0.378 e. The molecule has 1 aromatic rings. The van der Waals surface area contributed by atoms with Crippen molar-refractivity contribution in [3.8, 4) is 0 Å². The Morgan fingerprint density at radius 3 is 2.72 bits per heavy atom. The number of fused-ring (bicyclic) bond motifs is 1. The van der Waals surface area contributed by atoms with E-state index in [1.165, 1.54) is 19.3 Å². The minimum absolute atomic E-state index is 0.378. The topological polar surface area (TPSA) is 52.6 Å². The van der Waals surface area contributed by atoms with Gasteiger partial charge >= 0.3 is 0 Å². The Kier molecular flexibility index (Phi) is 2.92. The van der Waals surface area contributed by atoms with Crippen LogP contribution in [0.5, 0.6) is 0 Å². The van der Waals surface area contributed by atoms with Crippen molar-refractivity contribution in [2.45, 2.75) is 25.4 Å². The zero-order chi connectivity index (χ0) is 12.7. The quantitative estimate of drug-likeness (QED) is 0.820. The number of hydrogen-bond acceptors (Lipinski definition) is 3. The molecule has 2 heterocycles. The highest BCUT2D eigenvalue weighted by Gasteiger charge is 2.30. The van der Waals surface area contributed by atoms with E-state index >= 15 is 0 Å². The number of hydrogen-bond donors (Lipinski definition) is 2. The molecule has 1 amide bonds. The monoisotopic (exact) mass is 266 g/mol. The number of carbonyl (C=O) groups is 1. The number of benzene rings is 1. The van der Waals surface area contributed by atoms with Crippen LogP contribution in [-0.2, 0) is 4.79 Å². The van der Waals surface area contributed by atoms with Gasteiger partial charge in [-0.2, -0.15) is 0 Å². The van der Waals surface area contributed by atoms with Gasteiger partial charge in [0, 0.05) is 24.3 Å². The molecule has 0 aromatic heterocycles. The lowest BCUT2D eigenvalue weighted by Crippen LogP contribution is -2.29. The summed E-state index contributed by atoms with van der Waals surface area (Å²) in [7, 11) is 0. The van der Waals surface area contributed by atoms with Gasteiger partial charge in [0.25, 0.3) is 5.91 Å². The molecule has 0 bridgehead atoms. The van der Waals surface area contributed by atoms with Crippen LogP contribution in [-0.4, -0.2) is 24.1 Å². The molecule has 1 atom stereocenters. The van der Waals surface area contributed by atoms with E-state index in [4.69, 9.17) is 11.6 Å². The van der Waals surface area contributed by atoms with Gasteiger partial charge in [-0.3, -0.25) is 4.79 Å². The van der Waals surface area contributed by atoms with Crippen LogP contribution >= 0.6 is 11.6 Å². The van der Waals surface area contributed by atoms with Gasteiger partial charge in [-0.25, -0.2) is 0 Å². The summed E-state index contributed by atoms with van der Waals surface area (Å²) in [6, 6.07) is 3.57. The van der Waals surface area contributed by atoms with Crippen LogP contribution in [0.3, 0.4) is 0 Å². The number of anilines is 2. The highest BCUT2D eigenvalue weighted by molar-refractivity contribution is 6.33. The van der Waals surface area contributed by atoms with Crippen molar-refractivity contribution in [3.05, 3.63) is 22.7 Å². The molecule has 2 aliphatic heterocycles. The maximum Gasteiger partial charge on any atom is 0.257 e. The van der Waals surface area contributed by atoms with E-state index in [9.17, 15) is 9.90 Å². The molecule has 1 aromatic carbocycles. The second kappa shape index (κ2) is 4.44. The minimum atomic E-state index is -1.09. The fourth-order valence-electron chi connectivity index (χ4n) is 2.63. The number of carbonyl (C=O) groups excluding carboxylic acids is 1. The van der Waals surface area contributed by atoms with Crippen LogP contribution in [0.2, 0.25) is 5.02 Å². The lowest BCUT2D eigenvalue weighted by atomic mass is 10.1. The van der Waals surface area contributed by atoms with Gasteiger partial charge in [-0.05, 0) is 31.4 Å². The Morgan fingerprint density at radius 1 is 1.28 bits per heavy atom. The molecule has 96 valence electrons. The zero-order valence-corrected chi connectivity index (χ0v) is 10.7. The molecule has 5 heteroatoms. The second-order valence-corrected chi connectivity index (χ2v) is 5.24. The highest BCUT2D eigenvalue weighted by atomic mass is 35.5. The standard InChI is InChI=1S/C13H15ClN2O2/c14-9-6-8-10(15-13(18)12(8)17)7-11(9)16-4-2-1-3-5-16/h6-7,12,17H,1-5H2,(H,15,18). The molecule has 1 fully saturated rings. The number of halogens is 1. The first-order chi connectivity index (χ1) is 8.66. The summed E-state index contributed by atoms with van der Waals surface area (Å²) < 4.78 is 0. The van der Waals surface area contributed by atoms with Crippen molar-refractivity contribution in [1.29, 1.82) is 0 Å². The summed E-state index contributed by atoms with van der Waals surface area (Å²) in [4.78, 5) is 13.7. The Morgan fingerprint density at radius 2 is 2.00 bits per heavy atom.